The van der Waals surface area contributed by atoms with Crippen molar-refractivity contribution in [2.75, 3.05) is 5.32 Å². The van der Waals surface area contributed by atoms with Crippen LogP contribution in [0, 0.1) is 11.6 Å². The molecule has 0 aliphatic heterocycles. The number of benzene rings is 2. The standard InChI is InChI=1S/C18H14F2N2O2/c19-13-6-7-14(20)15(10-13)22-17(23)8-9-18-21-11-16(24-18)12-4-2-1-3-5-12/h1-7,10-11H,8-9H2,(H,22,23). The van der Waals surface area contributed by atoms with Gasteiger partial charge < -0.3 is 9.73 Å². The van der Waals surface area contributed by atoms with Gasteiger partial charge in [-0.3, -0.25) is 4.79 Å². The molecule has 1 aromatic heterocycles. The van der Waals surface area contributed by atoms with Crippen LogP contribution >= 0.6 is 0 Å². The number of halogens is 2. The predicted octanol–water partition coefficient (Wildman–Crippen LogP) is 4.19. The monoisotopic (exact) mass is 328 g/mol. The molecule has 0 unspecified atom stereocenters. The lowest BCUT2D eigenvalue weighted by Gasteiger charge is -2.05. The summed E-state index contributed by atoms with van der Waals surface area (Å²) in [4.78, 5) is 16.0. The Morgan fingerprint density at radius 2 is 1.92 bits per heavy atom. The SMILES string of the molecule is O=C(CCc1ncc(-c2ccccc2)o1)Nc1cc(F)ccc1F. The third-order valence-electron chi connectivity index (χ3n) is 3.38. The molecule has 2 aromatic carbocycles. The molecule has 3 rings (SSSR count). The molecule has 3 aromatic rings. The van der Waals surface area contributed by atoms with Crippen LogP contribution in [0.5, 0.6) is 0 Å². The van der Waals surface area contributed by atoms with Crippen molar-refractivity contribution in [1.82, 2.24) is 4.98 Å². The lowest BCUT2D eigenvalue weighted by molar-refractivity contribution is -0.116. The van der Waals surface area contributed by atoms with Crippen molar-refractivity contribution in [1.29, 1.82) is 0 Å². The van der Waals surface area contributed by atoms with Gasteiger partial charge in [0.25, 0.3) is 0 Å². The number of carbonyl (C=O) groups is 1. The maximum Gasteiger partial charge on any atom is 0.224 e. The van der Waals surface area contributed by atoms with Gasteiger partial charge in [0.05, 0.1) is 11.9 Å². The number of anilines is 1. The summed E-state index contributed by atoms with van der Waals surface area (Å²) >= 11 is 0. The van der Waals surface area contributed by atoms with Gasteiger partial charge in [0.15, 0.2) is 11.7 Å². The molecule has 6 heteroatoms. The maximum absolute atomic E-state index is 13.5. The Balaban J connectivity index is 1.59. The number of hydrogen-bond donors (Lipinski definition) is 1. The summed E-state index contributed by atoms with van der Waals surface area (Å²) in [5.41, 5.74) is 0.708. The van der Waals surface area contributed by atoms with Crippen LogP contribution < -0.4 is 5.32 Å². The number of aryl methyl sites for hydroxylation is 1. The molecule has 0 bridgehead atoms. The van der Waals surface area contributed by atoms with Crippen LogP contribution in [0.25, 0.3) is 11.3 Å². The van der Waals surface area contributed by atoms with E-state index in [0.29, 0.717) is 11.7 Å². The van der Waals surface area contributed by atoms with E-state index >= 15 is 0 Å². The van der Waals surface area contributed by atoms with Crippen molar-refractivity contribution in [3.63, 3.8) is 0 Å². The second-order valence-corrected chi connectivity index (χ2v) is 5.16. The molecule has 4 nitrogen and oxygen atoms in total. The third kappa shape index (κ3) is 3.84. The summed E-state index contributed by atoms with van der Waals surface area (Å²) in [6.07, 6.45) is 1.90. The first-order valence-electron chi connectivity index (χ1n) is 7.37. The summed E-state index contributed by atoms with van der Waals surface area (Å²) in [5, 5.41) is 2.34. The van der Waals surface area contributed by atoms with Gasteiger partial charge in [0.1, 0.15) is 11.6 Å². The minimum Gasteiger partial charge on any atom is -0.441 e. The highest BCUT2D eigenvalue weighted by Gasteiger charge is 2.11. The Morgan fingerprint density at radius 3 is 2.71 bits per heavy atom. The van der Waals surface area contributed by atoms with Crippen molar-refractivity contribution in [2.24, 2.45) is 0 Å². The smallest absolute Gasteiger partial charge is 0.224 e. The van der Waals surface area contributed by atoms with Crippen LogP contribution in [0.15, 0.2) is 59.1 Å². The first kappa shape index (κ1) is 15.9. The Kier molecular flexibility index (Phi) is 4.65. The summed E-state index contributed by atoms with van der Waals surface area (Å²) in [7, 11) is 0. The zero-order valence-corrected chi connectivity index (χ0v) is 12.6. The maximum atomic E-state index is 13.5. The molecule has 122 valence electrons. The van der Waals surface area contributed by atoms with Gasteiger partial charge in [0.2, 0.25) is 5.91 Å². The summed E-state index contributed by atoms with van der Waals surface area (Å²) in [6, 6.07) is 12.3. The first-order chi connectivity index (χ1) is 11.6. The van der Waals surface area contributed by atoms with Gasteiger partial charge in [-0.1, -0.05) is 30.3 Å². The van der Waals surface area contributed by atoms with Crippen molar-refractivity contribution in [2.45, 2.75) is 12.8 Å². The van der Waals surface area contributed by atoms with E-state index in [2.05, 4.69) is 10.3 Å². The molecule has 24 heavy (non-hydrogen) atoms. The molecule has 0 saturated carbocycles. The van der Waals surface area contributed by atoms with E-state index in [4.69, 9.17) is 4.42 Å². The Morgan fingerprint density at radius 1 is 1.12 bits per heavy atom. The van der Waals surface area contributed by atoms with E-state index in [0.717, 1.165) is 23.8 Å². The highest BCUT2D eigenvalue weighted by molar-refractivity contribution is 5.90. The van der Waals surface area contributed by atoms with E-state index in [-0.39, 0.29) is 18.5 Å². The molecular formula is C18H14F2N2O2. The molecule has 0 aliphatic carbocycles. The van der Waals surface area contributed by atoms with Crippen molar-refractivity contribution < 1.29 is 18.0 Å². The van der Waals surface area contributed by atoms with Gasteiger partial charge >= 0.3 is 0 Å². The van der Waals surface area contributed by atoms with Crippen molar-refractivity contribution in [3.05, 3.63) is 72.3 Å². The van der Waals surface area contributed by atoms with Gasteiger partial charge in [0, 0.05) is 24.5 Å². The fourth-order valence-corrected chi connectivity index (χ4v) is 2.19. The van der Waals surface area contributed by atoms with Crippen molar-refractivity contribution in [3.8, 4) is 11.3 Å². The zero-order valence-electron chi connectivity index (χ0n) is 12.6. The van der Waals surface area contributed by atoms with Crippen LogP contribution in [-0.4, -0.2) is 10.9 Å². The van der Waals surface area contributed by atoms with E-state index in [1.165, 1.54) is 0 Å². The number of nitrogens with zero attached hydrogens (tertiary/aromatic N) is 1. The zero-order chi connectivity index (χ0) is 16.9. The number of hydrogen-bond acceptors (Lipinski definition) is 3. The highest BCUT2D eigenvalue weighted by atomic mass is 19.1. The van der Waals surface area contributed by atoms with E-state index in [1.807, 2.05) is 30.3 Å². The van der Waals surface area contributed by atoms with Crippen molar-refractivity contribution >= 4 is 11.6 Å². The fourth-order valence-electron chi connectivity index (χ4n) is 2.19. The van der Waals surface area contributed by atoms with Gasteiger partial charge in [-0.25, -0.2) is 13.8 Å². The molecule has 0 aliphatic rings. The van der Waals surface area contributed by atoms with Crippen LogP contribution in [0.2, 0.25) is 0 Å². The topological polar surface area (TPSA) is 55.1 Å². The minimum absolute atomic E-state index is 0.0463. The van der Waals surface area contributed by atoms with Crippen LogP contribution in [0.4, 0.5) is 14.5 Å². The second-order valence-electron chi connectivity index (χ2n) is 5.16. The molecule has 0 radical (unpaired) electrons. The van der Waals surface area contributed by atoms with E-state index in [1.54, 1.807) is 6.20 Å². The number of amides is 1. The molecule has 1 N–H and O–H groups in total. The average molecular weight is 328 g/mol. The highest BCUT2D eigenvalue weighted by Crippen LogP contribution is 2.20. The number of oxazole rings is 1. The minimum atomic E-state index is -0.688. The normalized spacial score (nSPS) is 10.6. The number of rotatable bonds is 5. The van der Waals surface area contributed by atoms with E-state index < -0.39 is 17.5 Å². The summed E-state index contributed by atoms with van der Waals surface area (Å²) in [5.74, 6) is -0.732. The third-order valence-corrected chi connectivity index (χ3v) is 3.38. The largest absolute Gasteiger partial charge is 0.441 e. The number of carbonyl (C=O) groups excluding carboxylic acids is 1. The molecule has 0 saturated heterocycles. The van der Waals surface area contributed by atoms with Crippen LogP contribution in [-0.2, 0) is 11.2 Å². The Bertz CT molecular complexity index is 847. The van der Waals surface area contributed by atoms with Gasteiger partial charge in [-0.05, 0) is 12.1 Å². The first-order valence-corrected chi connectivity index (χ1v) is 7.37. The Hall–Kier alpha value is -3.02. The van der Waals surface area contributed by atoms with Gasteiger partial charge in [-0.15, -0.1) is 0 Å². The quantitative estimate of drug-likeness (QED) is 0.764. The number of nitrogens with one attached hydrogen (secondary N) is 1. The summed E-state index contributed by atoms with van der Waals surface area (Å²) in [6.45, 7) is 0. The van der Waals surface area contributed by atoms with Crippen LogP contribution in [0.3, 0.4) is 0 Å². The molecule has 0 fully saturated rings. The number of aromatic nitrogens is 1. The average Bonchev–Trinajstić information content (AvgIpc) is 3.06. The lowest BCUT2D eigenvalue weighted by atomic mass is 10.2. The molecule has 1 amide bonds. The van der Waals surface area contributed by atoms with Gasteiger partial charge in [-0.2, -0.15) is 0 Å². The molecule has 1 heterocycles. The molecular weight excluding hydrogens is 314 g/mol. The lowest BCUT2D eigenvalue weighted by Crippen LogP contribution is -2.13. The molecule has 0 atom stereocenters. The predicted molar refractivity (Wildman–Crippen MR) is 85.2 cm³/mol. The second kappa shape index (κ2) is 7.04. The van der Waals surface area contributed by atoms with Crippen LogP contribution in [0.1, 0.15) is 12.3 Å². The van der Waals surface area contributed by atoms with E-state index in [9.17, 15) is 13.6 Å². The Labute approximate surface area is 137 Å². The summed E-state index contributed by atoms with van der Waals surface area (Å²) < 4.78 is 32.1. The fraction of sp³-hybridized carbons (Fsp3) is 0.111. The molecule has 0 spiro atoms.